The fourth-order valence-electron chi connectivity index (χ4n) is 0.709. The van der Waals surface area contributed by atoms with Crippen LogP contribution in [-0.4, -0.2) is 4.98 Å². The van der Waals surface area contributed by atoms with Crippen LogP contribution >= 0.6 is 11.6 Å². The third-order valence-electron chi connectivity index (χ3n) is 1.23. The van der Waals surface area contributed by atoms with E-state index in [1.54, 1.807) is 13.0 Å². The molecule has 1 heterocycles. The van der Waals surface area contributed by atoms with Crippen LogP contribution < -0.4 is 0 Å². The van der Waals surface area contributed by atoms with Crippen molar-refractivity contribution in [3.63, 3.8) is 0 Å². The average molecular weight is 160 g/mol. The zero-order valence-corrected chi connectivity index (χ0v) is 6.27. The number of hydrogen-bond acceptors (Lipinski definition) is 1. The number of halogens is 2. The largest absolute Gasteiger partial charge is 0.262 e. The van der Waals surface area contributed by atoms with Gasteiger partial charge in [0.15, 0.2) is 0 Å². The Labute approximate surface area is 63.8 Å². The predicted molar refractivity (Wildman–Crippen MR) is 38.5 cm³/mol. The van der Waals surface area contributed by atoms with Crippen LogP contribution in [0.2, 0.25) is 0 Å². The molecule has 0 aliphatic carbocycles. The first-order valence-electron chi connectivity index (χ1n) is 2.95. The Bertz CT molecular complexity index is 225. The lowest BCUT2D eigenvalue weighted by molar-refractivity contribution is 0.603. The molecule has 0 bridgehead atoms. The Morgan fingerprint density at radius 2 is 2.40 bits per heavy atom. The quantitative estimate of drug-likeness (QED) is 0.574. The van der Waals surface area contributed by atoms with Gasteiger partial charge in [-0.2, -0.15) is 0 Å². The van der Waals surface area contributed by atoms with Gasteiger partial charge in [0.05, 0.1) is 11.6 Å². The number of hydrogen-bond donors (Lipinski definition) is 0. The molecular formula is C7H7ClFN. The summed E-state index contributed by atoms with van der Waals surface area (Å²) < 4.78 is 12.7. The van der Waals surface area contributed by atoms with Crippen molar-refractivity contribution < 1.29 is 4.39 Å². The molecular weight excluding hydrogens is 153 g/mol. The third kappa shape index (κ3) is 1.45. The molecule has 1 aromatic heterocycles. The highest BCUT2D eigenvalue weighted by Gasteiger charge is 2.05. The van der Waals surface area contributed by atoms with Crippen molar-refractivity contribution in [2.75, 3.05) is 0 Å². The number of nitrogens with zero attached hydrogens (tertiary/aromatic N) is 1. The van der Waals surface area contributed by atoms with Crippen LogP contribution in [0.1, 0.15) is 17.9 Å². The standard InChI is InChI=1S/C7H7ClFN/c1-5(8)6-2-3-10-4-7(6)9/h2-5H,1H3/t5-/m0/s1. The van der Waals surface area contributed by atoms with Gasteiger partial charge in [0.25, 0.3) is 0 Å². The van der Waals surface area contributed by atoms with Crippen LogP contribution in [0, 0.1) is 5.82 Å². The third-order valence-corrected chi connectivity index (χ3v) is 1.47. The first kappa shape index (κ1) is 7.48. The van der Waals surface area contributed by atoms with Crippen molar-refractivity contribution in [2.45, 2.75) is 12.3 Å². The van der Waals surface area contributed by atoms with E-state index < -0.39 is 0 Å². The molecule has 0 aromatic carbocycles. The van der Waals surface area contributed by atoms with Gasteiger partial charge < -0.3 is 0 Å². The van der Waals surface area contributed by atoms with Crippen molar-refractivity contribution >= 4 is 11.6 Å². The minimum Gasteiger partial charge on any atom is -0.262 e. The first-order valence-corrected chi connectivity index (χ1v) is 3.39. The molecule has 0 N–H and O–H groups in total. The summed E-state index contributed by atoms with van der Waals surface area (Å²) in [7, 11) is 0. The van der Waals surface area contributed by atoms with Crippen LogP contribution in [0.25, 0.3) is 0 Å². The second kappa shape index (κ2) is 2.97. The average Bonchev–Trinajstić information content (AvgIpc) is 1.88. The molecule has 0 aliphatic rings. The van der Waals surface area contributed by atoms with Gasteiger partial charge in [-0.25, -0.2) is 4.39 Å². The minimum absolute atomic E-state index is 0.289. The van der Waals surface area contributed by atoms with Crippen LogP contribution in [0.4, 0.5) is 4.39 Å². The zero-order valence-electron chi connectivity index (χ0n) is 5.51. The molecule has 3 heteroatoms. The molecule has 0 saturated heterocycles. The van der Waals surface area contributed by atoms with E-state index in [1.807, 2.05) is 0 Å². The molecule has 0 unspecified atom stereocenters. The van der Waals surface area contributed by atoms with E-state index >= 15 is 0 Å². The molecule has 54 valence electrons. The molecule has 0 saturated carbocycles. The second-order valence-corrected chi connectivity index (χ2v) is 2.67. The van der Waals surface area contributed by atoms with Gasteiger partial charge in [-0.05, 0) is 13.0 Å². The Balaban J connectivity index is 3.03. The van der Waals surface area contributed by atoms with Crippen LogP contribution in [0.15, 0.2) is 18.5 Å². The topological polar surface area (TPSA) is 12.9 Å². The lowest BCUT2D eigenvalue weighted by atomic mass is 10.2. The molecule has 1 atom stereocenters. The van der Waals surface area contributed by atoms with E-state index in [0.717, 1.165) is 6.20 Å². The smallest absolute Gasteiger partial charge is 0.146 e. The Hall–Kier alpha value is -0.630. The van der Waals surface area contributed by atoms with Gasteiger partial charge in [0.1, 0.15) is 5.82 Å². The Morgan fingerprint density at radius 3 is 2.80 bits per heavy atom. The molecule has 0 aliphatic heterocycles. The van der Waals surface area contributed by atoms with Gasteiger partial charge >= 0.3 is 0 Å². The van der Waals surface area contributed by atoms with Gasteiger partial charge in [0, 0.05) is 11.8 Å². The fourth-order valence-corrected chi connectivity index (χ4v) is 0.886. The molecule has 0 radical (unpaired) electrons. The summed E-state index contributed by atoms with van der Waals surface area (Å²) in [5, 5.41) is -0.289. The van der Waals surface area contributed by atoms with E-state index in [0.29, 0.717) is 5.56 Å². The lowest BCUT2D eigenvalue weighted by Gasteiger charge is -2.01. The van der Waals surface area contributed by atoms with Gasteiger partial charge in [-0.3, -0.25) is 4.98 Å². The molecule has 1 rings (SSSR count). The Morgan fingerprint density at radius 1 is 1.70 bits per heavy atom. The number of rotatable bonds is 1. The summed E-state index contributed by atoms with van der Waals surface area (Å²) >= 11 is 5.64. The molecule has 1 nitrogen and oxygen atoms in total. The molecule has 10 heavy (non-hydrogen) atoms. The summed E-state index contributed by atoms with van der Waals surface area (Å²) in [6, 6.07) is 1.58. The summed E-state index contributed by atoms with van der Waals surface area (Å²) in [6.07, 6.45) is 2.69. The lowest BCUT2D eigenvalue weighted by Crippen LogP contribution is -1.90. The fraction of sp³-hybridized carbons (Fsp3) is 0.286. The highest BCUT2D eigenvalue weighted by Crippen LogP contribution is 2.20. The summed E-state index contributed by atoms with van der Waals surface area (Å²) in [5.41, 5.74) is 0.497. The normalized spacial score (nSPS) is 13.1. The molecule has 0 fully saturated rings. The highest BCUT2D eigenvalue weighted by molar-refractivity contribution is 6.20. The van der Waals surface area contributed by atoms with Gasteiger partial charge in [-0.1, -0.05) is 0 Å². The second-order valence-electron chi connectivity index (χ2n) is 2.01. The van der Waals surface area contributed by atoms with Crippen molar-refractivity contribution in [3.05, 3.63) is 29.8 Å². The van der Waals surface area contributed by atoms with E-state index in [4.69, 9.17) is 11.6 Å². The first-order chi connectivity index (χ1) is 4.72. The SMILES string of the molecule is C[C@H](Cl)c1ccncc1F. The highest BCUT2D eigenvalue weighted by atomic mass is 35.5. The van der Waals surface area contributed by atoms with E-state index in [-0.39, 0.29) is 11.2 Å². The maximum atomic E-state index is 12.7. The zero-order chi connectivity index (χ0) is 7.56. The summed E-state index contributed by atoms with van der Waals surface area (Å²) in [4.78, 5) is 3.59. The molecule has 0 spiro atoms. The number of pyridine rings is 1. The summed E-state index contributed by atoms with van der Waals surface area (Å²) in [5.74, 6) is -0.343. The summed E-state index contributed by atoms with van der Waals surface area (Å²) in [6.45, 7) is 1.72. The van der Waals surface area contributed by atoms with Crippen molar-refractivity contribution in [3.8, 4) is 0 Å². The van der Waals surface area contributed by atoms with E-state index in [1.165, 1.54) is 6.20 Å². The van der Waals surface area contributed by atoms with Crippen LogP contribution in [0.5, 0.6) is 0 Å². The van der Waals surface area contributed by atoms with Crippen molar-refractivity contribution in [2.24, 2.45) is 0 Å². The van der Waals surface area contributed by atoms with Crippen LogP contribution in [0.3, 0.4) is 0 Å². The van der Waals surface area contributed by atoms with E-state index in [9.17, 15) is 4.39 Å². The maximum absolute atomic E-state index is 12.7. The van der Waals surface area contributed by atoms with Gasteiger partial charge in [-0.15, -0.1) is 11.6 Å². The van der Waals surface area contributed by atoms with Gasteiger partial charge in [0.2, 0.25) is 0 Å². The van der Waals surface area contributed by atoms with Crippen molar-refractivity contribution in [1.82, 2.24) is 4.98 Å². The monoisotopic (exact) mass is 159 g/mol. The molecule has 0 amide bonds. The van der Waals surface area contributed by atoms with Crippen LogP contribution in [-0.2, 0) is 0 Å². The minimum atomic E-state index is -0.343. The maximum Gasteiger partial charge on any atom is 0.146 e. The van der Waals surface area contributed by atoms with Crippen molar-refractivity contribution in [1.29, 1.82) is 0 Å². The predicted octanol–water partition coefficient (Wildman–Crippen LogP) is 2.52. The number of aromatic nitrogens is 1. The molecule has 1 aromatic rings. The Kier molecular flexibility index (Phi) is 2.22. The van der Waals surface area contributed by atoms with E-state index in [2.05, 4.69) is 4.98 Å². The number of alkyl halides is 1.